The molecule has 2 aromatic rings. The Balaban J connectivity index is 2.62. The average Bonchev–Trinajstić information content (AvgIpc) is 2.30. The van der Waals surface area contributed by atoms with Crippen molar-refractivity contribution in [1.29, 1.82) is 0 Å². The minimum Gasteiger partial charge on any atom is -0.206 e. The van der Waals surface area contributed by atoms with Gasteiger partial charge in [-0.1, -0.05) is 56.3 Å². The molecule has 0 aliphatic heterocycles. The number of rotatable bonds is 2. The van der Waals surface area contributed by atoms with Crippen LogP contribution in [0.15, 0.2) is 42.5 Å². The first-order chi connectivity index (χ1) is 8.11. The molecule has 2 rings (SSSR count). The van der Waals surface area contributed by atoms with E-state index < -0.39 is 0 Å². The molecule has 2 aromatic carbocycles. The van der Waals surface area contributed by atoms with Crippen LogP contribution in [0.2, 0.25) is 0 Å². The van der Waals surface area contributed by atoms with E-state index >= 15 is 0 Å². The van der Waals surface area contributed by atoms with Crippen LogP contribution < -0.4 is 0 Å². The summed E-state index contributed by atoms with van der Waals surface area (Å²) in [6, 6.07) is 13.6. The molecule has 1 heteroatoms. The standard InChI is InChI=1S/C16H17F/c1-11(2)15-12(3)9-10-14(16(15)17)13-7-5-4-6-8-13/h4-11H,1-3H3. The predicted octanol–water partition coefficient (Wildman–Crippen LogP) is 4.92. The molecule has 0 unspecified atom stereocenters. The Hall–Kier alpha value is -1.63. The van der Waals surface area contributed by atoms with Gasteiger partial charge >= 0.3 is 0 Å². The van der Waals surface area contributed by atoms with E-state index in [4.69, 9.17) is 0 Å². The van der Waals surface area contributed by atoms with Crippen molar-refractivity contribution in [2.75, 3.05) is 0 Å². The first kappa shape index (κ1) is 11.8. The number of hydrogen-bond acceptors (Lipinski definition) is 0. The van der Waals surface area contributed by atoms with Crippen LogP contribution >= 0.6 is 0 Å². The van der Waals surface area contributed by atoms with Gasteiger partial charge in [-0.3, -0.25) is 0 Å². The molecular weight excluding hydrogens is 211 g/mol. The van der Waals surface area contributed by atoms with Crippen LogP contribution in [0.3, 0.4) is 0 Å². The Morgan fingerprint density at radius 3 is 2.18 bits per heavy atom. The molecule has 0 radical (unpaired) electrons. The first-order valence-electron chi connectivity index (χ1n) is 5.95. The second-order valence-corrected chi connectivity index (χ2v) is 4.68. The third-order valence-corrected chi connectivity index (χ3v) is 3.06. The lowest BCUT2D eigenvalue weighted by molar-refractivity contribution is 0.599. The number of hydrogen-bond donors (Lipinski definition) is 0. The van der Waals surface area contributed by atoms with Crippen LogP contribution in [0.5, 0.6) is 0 Å². The smallest absolute Gasteiger partial charge is 0.134 e. The van der Waals surface area contributed by atoms with Crippen LogP contribution in [0, 0.1) is 12.7 Å². The van der Waals surface area contributed by atoms with Gasteiger partial charge in [0.2, 0.25) is 0 Å². The number of aryl methyl sites for hydroxylation is 1. The van der Waals surface area contributed by atoms with Crippen LogP contribution in [0.1, 0.15) is 30.9 Å². The Morgan fingerprint density at radius 1 is 0.941 bits per heavy atom. The quantitative estimate of drug-likeness (QED) is 0.684. The van der Waals surface area contributed by atoms with Gasteiger partial charge in [-0.2, -0.15) is 0 Å². The molecule has 0 spiro atoms. The molecule has 0 amide bonds. The zero-order valence-electron chi connectivity index (χ0n) is 10.5. The predicted molar refractivity (Wildman–Crippen MR) is 70.7 cm³/mol. The molecule has 0 bridgehead atoms. The van der Waals surface area contributed by atoms with Crippen molar-refractivity contribution >= 4 is 0 Å². The Morgan fingerprint density at radius 2 is 1.59 bits per heavy atom. The lowest BCUT2D eigenvalue weighted by atomic mass is 9.92. The molecule has 0 fully saturated rings. The Kier molecular flexibility index (Phi) is 3.28. The minimum atomic E-state index is -0.0776. The molecule has 0 N–H and O–H groups in total. The van der Waals surface area contributed by atoms with E-state index in [2.05, 4.69) is 0 Å². The number of halogens is 1. The highest BCUT2D eigenvalue weighted by atomic mass is 19.1. The molecule has 17 heavy (non-hydrogen) atoms. The highest BCUT2D eigenvalue weighted by Gasteiger charge is 2.14. The fourth-order valence-electron chi connectivity index (χ4n) is 2.24. The molecule has 0 atom stereocenters. The molecule has 0 aliphatic carbocycles. The van der Waals surface area contributed by atoms with Gasteiger partial charge in [0, 0.05) is 5.56 Å². The Bertz CT molecular complexity index is 513. The van der Waals surface area contributed by atoms with Gasteiger partial charge in [0.05, 0.1) is 0 Å². The second kappa shape index (κ2) is 4.70. The van der Waals surface area contributed by atoms with E-state index in [-0.39, 0.29) is 11.7 Å². The molecule has 88 valence electrons. The SMILES string of the molecule is Cc1ccc(-c2ccccc2)c(F)c1C(C)C. The van der Waals surface area contributed by atoms with Crippen LogP contribution in [0.4, 0.5) is 4.39 Å². The normalized spacial score (nSPS) is 10.9. The summed E-state index contributed by atoms with van der Waals surface area (Å²) in [5, 5.41) is 0. The minimum absolute atomic E-state index is 0.0776. The molecule has 0 nitrogen and oxygen atoms in total. The topological polar surface area (TPSA) is 0 Å². The van der Waals surface area contributed by atoms with Gasteiger partial charge in [0.25, 0.3) is 0 Å². The van der Waals surface area contributed by atoms with Crippen molar-refractivity contribution in [3.63, 3.8) is 0 Å². The number of benzene rings is 2. The summed E-state index contributed by atoms with van der Waals surface area (Å²) < 4.78 is 14.5. The lowest BCUT2D eigenvalue weighted by Gasteiger charge is -2.14. The molecule has 0 heterocycles. The zero-order chi connectivity index (χ0) is 12.4. The molecule has 0 aromatic heterocycles. The van der Waals surface area contributed by atoms with Crippen molar-refractivity contribution < 1.29 is 4.39 Å². The van der Waals surface area contributed by atoms with Gasteiger partial charge < -0.3 is 0 Å². The van der Waals surface area contributed by atoms with Crippen LogP contribution in [-0.4, -0.2) is 0 Å². The maximum Gasteiger partial charge on any atom is 0.134 e. The maximum atomic E-state index is 14.5. The van der Waals surface area contributed by atoms with E-state index in [1.807, 2.05) is 63.2 Å². The summed E-state index contributed by atoms with van der Waals surface area (Å²) >= 11 is 0. The summed E-state index contributed by atoms with van der Waals surface area (Å²) in [6.45, 7) is 6.02. The summed E-state index contributed by atoms with van der Waals surface area (Å²) in [7, 11) is 0. The van der Waals surface area contributed by atoms with Gasteiger partial charge in [-0.25, -0.2) is 4.39 Å². The van der Waals surface area contributed by atoms with E-state index in [9.17, 15) is 4.39 Å². The van der Waals surface area contributed by atoms with Gasteiger partial charge in [0.1, 0.15) is 5.82 Å². The fraction of sp³-hybridized carbons (Fsp3) is 0.250. The van der Waals surface area contributed by atoms with Crippen LogP contribution in [-0.2, 0) is 0 Å². The summed E-state index contributed by atoms with van der Waals surface area (Å²) in [4.78, 5) is 0. The van der Waals surface area contributed by atoms with E-state index in [0.29, 0.717) is 5.56 Å². The van der Waals surface area contributed by atoms with E-state index in [1.165, 1.54) is 0 Å². The van der Waals surface area contributed by atoms with Crippen molar-refractivity contribution in [2.24, 2.45) is 0 Å². The highest BCUT2D eigenvalue weighted by molar-refractivity contribution is 5.66. The maximum absolute atomic E-state index is 14.5. The summed E-state index contributed by atoms with van der Waals surface area (Å²) in [6.07, 6.45) is 0. The van der Waals surface area contributed by atoms with Gasteiger partial charge in [-0.15, -0.1) is 0 Å². The van der Waals surface area contributed by atoms with Crippen molar-refractivity contribution in [3.8, 4) is 11.1 Å². The zero-order valence-corrected chi connectivity index (χ0v) is 10.5. The molecule has 0 aliphatic rings. The van der Waals surface area contributed by atoms with Crippen molar-refractivity contribution in [3.05, 3.63) is 59.4 Å². The second-order valence-electron chi connectivity index (χ2n) is 4.68. The molecule has 0 saturated carbocycles. The molecule has 0 saturated heterocycles. The largest absolute Gasteiger partial charge is 0.206 e. The third-order valence-electron chi connectivity index (χ3n) is 3.06. The highest BCUT2D eigenvalue weighted by Crippen LogP contribution is 2.30. The Labute approximate surface area is 102 Å². The monoisotopic (exact) mass is 228 g/mol. The van der Waals surface area contributed by atoms with E-state index in [0.717, 1.165) is 16.7 Å². The van der Waals surface area contributed by atoms with Gasteiger partial charge in [0.15, 0.2) is 0 Å². The summed E-state index contributed by atoms with van der Waals surface area (Å²) in [5.41, 5.74) is 3.48. The van der Waals surface area contributed by atoms with Crippen LogP contribution in [0.25, 0.3) is 11.1 Å². The van der Waals surface area contributed by atoms with Gasteiger partial charge in [-0.05, 0) is 29.5 Å². The fourth-order valence-corrected chi connectivity index (χ4v) is 2.24. The molecular formula is C16H17F. The van der Waals surface area contributed by atoms with E-state index in [1.54, 1.807) is 0 Å². The average molecular weight is 228 g/mol. The third kappa shape index (κ3) is 2.23. The first-order valence-corrected chi connectivity index (χ1v) is 5.95. The van der Waals surface area contributed by atoms with Crippen molar-refractivity contribution in [1.82, 2.24) is 0 Å². The van der Waals surface area contributed by atoms with Crippen molar-refractivity contribution in [2.45, 2.75) is 26.7 Å². The lowest BCUT2D eigenvalue weighted by Crippen LogP contribution is -1.99. The summed E-state index contributed by atoms with van der Waals surface area (Å²) in [5.74, 6) is 0.130.